The predicted molar refractivity (Wildman–Crippen MR) is 96.7 cm³/mol. The lowest BCUT2D eigenvalue weighted by molar-refractivity contribution is 0.208. The minimum absolute atomic E-state index is 0.261. The molecule has 0 bridgehead atoms. The highest BCUT2D eigenvalue weighted by Crippen LogP contribution is 2.28. The number of nitrogens with one attached hydrogen (secondary N) is 2. The van der Waals surface area contributed by atoms with Crippen molar-refractivity contribution >= 4 is 15.4 Å². The molecule has 138 valence electrons. The molecule has 1 aromatic carbocycles. The second-order valence-electron chi connectivity index (χ2n) is 6.81. The molecule has 0 saturated carbocycles. The van der Waals surface area contributed by atoms with Gasteiger partial charge in [-0.1, -0.05) is 12.1 Å². The first-order valence-electron chi connectivity index (χ1n) is 8.68. The number of rotatable bonds is 5. The van der Waals surface area contributed by atoms with E-state index in [1.165, 1.54) is 12.3 Å². The van der Waals surface area contributed by atoms with Gasteiger partial charge in [0.15, 0.2) is 21.4 Å². The monoisotopic (exact) mass is 368 g/mol. The van der Waals surface area contributed by atoms with E-state index >= 15 is 0 Å². The maximum Gasteiger partial charge on any atom is 0.165 e. The van der Waals surface area contributed by atoms with E-state index in [0.29, 0.717) is 31.1 Å². The maximum absolute atomic E-state index is 14.4. The molecule has 25 heavy (non-hydrogen) atoms. The van der Waals surface area contributed by atoms with Crippen molar-refractivity contribution in [2.24, 2.45) is 5.92 Å². The van der Waals surface area contributed by atoms with Gasteiger partial charge >= 0.3 is 0 Å². The lowest BCUT2D eigenvalue weighted by Crippen LogP contribution is -2.38. The molecule has 1 aromatic rings. The van der Waals surface area contributed by atoms with Crippen LogP contribution in [0.4, 0.5) is 4.39 Å². The van der Waals surface area contributed by atoms with E-state index in [4.69, 9.17) is 4.74 Å². The lowest BCUT2D eigenvalue weighted by Gasteiger charge is -2.24. The van der Waals surface area contributed by atoms with E-state index in [-0.39, 0.29) is 5.75 Å². The zero-order valence-electron chi connectivity index (χ0n) is 14.4. The summed E-state index contributed by atoms with van der Waals surface area (Å²) in [6.45, 7) is 2.96. The van der Waals surface area contributed by atoms with Crippen LogP contribution in [0.15, 0.2) is 24.3 Å². The molecule has 2 aliphatic rings. The molecular weight excluding hydrogens is 343 g/mol. The van der Waals surface area contributed by atoms with Crippen LogP contribution in [0.5, 0.6) is 5.75 Å². The molecule has 2 N–H and O–H groups in total. The van der Waals surface area contributed by atoms with Gasteiger partial charge in [0, 0.05) is 19.2 Å². The van der Waals surface area contributed by atoms with Crippen molar-refractivity contribution in [3.05, 3.63) is 35.7 Å². The van der Waals surface area contributed by atoms with E-state index in [9.17, 15) is 12.8 Å². The molecular formula is C18H25FN2O3S. The van der Waals surface area contributed by atoms with Gasteiger partial charge in [-0.15, -0.1) is 0 Å². The van der Waals surface area contributed by atoms with Gasteiger partial charge in [0.1, 0.15) is 5.37 Å². The number of halogens is 1. The van der Waals surface area contributed by atoms with Crippen LogP contribution in [0.25, 0.3) is 5.57 Å². The Bertz CT molecular complexity index is 743. The average Bonchev–Trinajstić information content (AvgIpc) is 2.61. The van der Waals surface area contributed by atoms with E-state index in [1.807, 2.05) is 6.08 Å². The maximum atomic E-state index is 14.4. The highest BCUT2D eigenvalue weighted by molar-refractivity contribution is 7.91. The molecule has 1 saturated heterocycles. The minimum Gasteiger partial charge on any atom is -0.490 e. The summed E-state index contributed by atoms with van der Waals surface area (Å²) >= 11 is 0. The molecule has 1 fully saturated rings. The predicted octanol–water partition coefficient (Wildman–Crippen LogP) is 1.95. The van der Waals surface area contributed by atoms with Gasteiger partial charge in [-0.3, -0.25) is 5.32 Å². The van der Waals surface area contributed by atoms with Gasteiger partial charge in [0.2, 0.25) is 0 Å². The quantitative estimate of drug-likeness (QED) is 0.832. The second kappa shape index (κ2) is 7.85. The summed E-state index contributed by atoms with van der Waals surface area (Å²) in [6, 6.07) is 4.88. The summed E-state index contributed by atoms with van der Waals surface area (Å²) in [4.78, 5) is 0. The Morgan fingerprint density at radius 3 is 2.72 bits per heavy atom. The molecule has 1 unspecified atom stereocenters. The molecule has 0 amide bonds. The molecule has 0 aliphatic carbocycles. The zero-order chi connectivity index (χ0) is 17.9. The van der Waals surface area contributed by atoms with Crippen LogP contribution in [0.1, 0.15) is 24.8 Å². The third kappa shape index (κ3) is 4.80. The van der Waals surface area contributed by atoms with E-state index in [2.05, 4.69) is 10.6 Å². The summed E-state index contributed by atoms with van der Waals surface area (Å²) in [5, 5.41) is 5.63. The SMILES string of the molecule is CS(=O)(=O)C1CC(c2ccc(OCC3CCNCC3)c(F)c2)=CCN1. The van der Waals surface area contributed by atoms with Crippen molar-refractivity contribution in [1.29, 1.82) is 0 Å². The Morgan fingerprint density at radius 1 is 1.28 bits per heavy atom. The fraction of sp³-hybridized carbons (Fsp3) is 0.556. The third-order valence-corrected chi connectivity index (χ3v) is 6.22. The zero-order valence-corrected chi connectivity index (χ0v) is 15.2. The fourth-order valence-corrected chi connectivity index (χ4v) is 4.16. The molecule has 0 radical (unpaired) electrons. The Kier molecular flexibility index (Phi) is 5.76. The van der Waals surface area contributed by atoms with Gasteiger partial charge in [-0.2, -0.15) is 0 Å². The molecule has 1 atom stereocenters. The van der Waals surface area contributed by atoms with Crippen molar-refractivity contribution in [3.8, 4) is 5.75 Å². The summed E-state index contributed by atoms with van der Waals surface area (Å²) in [6.07, 6.45) is 5.56. The number of hydrogen-bond donors (Lipinski definition) is 2. The van der Waals surface area contributed by atoms with Crippen LogP contribution in [0, 0.1) is 11.7 Å². The van der Waals surface area contributed by atoms with E-state index in [0.717, 1.165) is 31.5 Å². The molecule has 3 rings (SSSR count). The van der Waals surface area contributed by atoms with Gasteiger partial charge in [-0.05, 0) is 55.1 Å². The molecule has 7 heteroatoms. The van der Waals surface area contributed by atoms with Crippen molar-refractivity contribution in [3.63, 3.8) is 0 Å². The Morgan fingerprint density at radius 2 is 2.04 bits per heavy atom. The average molecular weight is 368 g/mol. The van der Waals surface area contributed by atoms with E-state index < -0.39 is 21.0 Å². The summed E-state index contributed by atoms with van der Waals surface area (Å²) in [7, 11) is -3.18. The van der Waals surface area contributed by atoms with Crippen molar-refractivity contribution in [1.82, 2.24) is 10.6 Å². The van der Waals surface area contributed by atoms with Crippen LogP contribution >= 0.6 is 0 Å². The first kappa shape index (κ1) is 18.4. The van der Waals surface area contributed by atoms with Gasteiger partial charge < -0.3 is 10.1 Å². The van der Waals surface area contributed by atoms with Crippen LogP contribution in [0.3, 0.4) is 0 Å². The number of hydrogen-bond acceptors (Lipinski definition) is 5. The topological polar surface area (TPSA) is 67.4 Å². The van der Waals surface area contributed by atoms with Gasteiger partial charge in [0.05, 0.1) is 6.61 Å². The molecule has 0 spiro atoms. The Hall–Kier alpha value is -1.44. The third-order valence-electron chi connectivity index (χ3n) is 4.85. The molecule has 5 nitrogen and oxygen atoms in total. The fourth-order valence-electron chi connectivity index (χ4n) is 3.28. The van der Waals surface area contributed by atoms with Crippen molar-refractivity contribution in [2.75, 3.05) is 32.5 Å². The first-order valence-corrected chi connectivity index (χ1v) is 10.6. The van der Waals surface area contributed by atoms with Crippen LogP contribution in [0.2, 0.25) is 0 Å². The molecule has 2 aliphatic heterocycles. The highest BCUT2D eigenvalue weighted by Gasteiger charge is 2.25. The van der Waals surface area contributed by atoms with Crippen LogP contribution < -0.4 is 15.4 Å². The van der Waals surface area contributed by atoms with Gasteiger partial charge in [-0.25, -0.2) is 12.8 Å². The van der Waals surface area contributed by atoms with Crippen molar-refractivity contribution < 1.29 is 17.5 Å². The summed E-state index contributed by atoms with van der Waals surface area (Å²) in [5.41, 5.74) is 1.56. The molecule has 2 heterocycles. The Labute approximate surface area is 148 Å². The minimum atomic E-state index is -3.18. The van der Waals surface area contributed by atoms with Crippen molar-refractivity contribution in [2.45, 2.75) is 24.6 Å². The second-order valence-corrected chi connectivity index (χ2v) is 9.04. The normalized spacial score (nSPS) is 22.5. The largest absolute Gasteiger partial charge is 0.490 e. The smallest absolute Gasteiger partial charge is 0.165 e. The van der Waals surface area contributed by atoms with Crippen LogP contribution in [-0.4, -0.2) is 46.3 Å². The molecule has 0 aromatic heterocycles. The standard InChI is InChI=1S/C18H25FN2O3S/c1-25(22,23)18-11-15(6-9-21-18)14-2-3-17(16(19)10-14)24-12-13-4-7-20-8-5-13/h2-3,6,10,13,18,20-21H,4-5,7-9,11-12H2,1H3. The van der Waals surface area contributed by atoms with E-state index in [1.54, 1.807) is 12.1 Å². The first-order chi connectivity index (χ1) is 11.9. The number of sulfone groups is 1. The van der Waals surface area contributed by atoms with Crippen LogP contribution in [-0.2, 0) is 9.84 Å². The Balaban J connectivity index is 1.66. The number of piperidine rings is 1. The lowest BCUT2D eigenvalue weighted by atomic mass is 9.99. The summed E-state index contributed by atoms with van der Waals surface area (Å²) in [5.74, 6) is 0.321. The van der Waals surface area contributed by atoms with Gasteiger partial charge in [0.25, 0.3) is 0 Å². The number of ether oxygens (including phenoxy) is 1. The summed E-state index contributed by atoms with van der Waals surface area (Å²) < 4.78 is 43.5. The highest BCUT2D eigenvalue weighted by atomic mass is 32.2. The number of benzene rings is 1.